The van der Waals surface area contributed by atoms with Crippen molar-refractivity contribution >= 4 is 0 Å². The zero-order valence-electron chi connectivity index (χ0n) is 11.2. The highest BCUT2D eigenvalue weighted by Crippen LogP contribution is 2.27. The zero-order valence-corrected chi connectivity index (χ0v) is 11.2. The smallest absolute Gasteiger partial charge is 0.00955 e. The van der Waals surface area contributed by atoms with E-state index in [1.807, 2.05) is 0 Å². The lowest BCUT2D eigenvalue weighted by atomic mass is 9.87. The number of benzene rings is 1. The van der Waals surface area contributed by atoms with Crippen LogP contribution >= 0.6 is 0 Å². The van der Waals surface area contributed by atoms with E-state index in [-0.39, 0.29) is 0 Å². The summed E-state index contributed by atoms with van der Waals surface area (Å²) in [6.07, 6.45) is 8.22. The van der Waals surface area contributed by atoms with Crippen LogP contribution < -0.4 is 5.32 Å². The van der Waals surface area contributed by atoms with E-state index >= 15 is 0 Å². The van der Waals surface area contributed by atoms with Crippen LogP contribution in [0, 0.1) is 12.8 Å². The number of hydrogen-bond donors (Lipinski definition) is 1. The molecule has 1 heteroatoms. The molecule has 17 heavy (non-hydrogen) atoms. The third kappa shape index (κ3) is 3.32. The van der Waals surface area contributed by atoms with Gasteiger partial charge < -0.3 is 5.32 Å². The predicted octanol–water partition coefficient (Wildman–Crippen LogP) is 3.71. The second kappa shape index (κ2) is 6.20. The molecule has 1 aliphatic rings. The molecule has 0 spiro atoms. The van der Waals surface area contributed by atoms with E-state index in [4.69, 9.17) is 0 Å². The predicted molar refractivity (Wildman–Crippen MR) is 74.3 cm³/mol. The fraction of sp³-hybridized carbons (Fsp3) is 0.625. The minimum absolute atomic E-state index is 0.720. The highest BCUT2D eigenvalue weighted by molar-refractivity contribution is 5.26. The summed E-state index contributed by atoms with van der Waals surface area (Å²) < 4.78 is 0. The Balaban J connectivity index is 2.07. The molecule has 2 atom stereocenters. The van der Waals surface area contributed by atoms with Gasteiger partial charge in [-0.15, -0.1) is 0 Å². The van der Waals surface area contributed by atoms with Crippen LogP contribution in [0.3, 0.4) is 0 Å². The fourth-order valence-electron chi connectivity index (χ4n) is 3.13. The van der Waals surface area contributed by atoms with E-state index in [9.17, 15) is 0 Å². The summed E-state index contributed by atoms with van der Waals surface area (Å²) in [5, 5.41) is 3.53. The molecule has 0 radical (unpaired) electrons. The first-order valence-electron chi connectivity index (χ1n) is 7.03. The Morgan fingerprint density at radius 1 is 1.12 bits per heavy atom. The van der Waals surface area contributed by atoms with E-state index < -0.39 is 0 Å². The molecule has 0 amide bonds. The molecule has 2 unspecified atom stereocenters. The van der Waals surface area contributed by atoms with Gasteiger partial charge >= 0.3 is 0 Å². The molecule has 0 bridgehead atoms. The summed E-state index contributed by atoms with van der Waals surface area (Å²) in [6.45, 7) is 2.24. The number of rotatable bonds is 3. The molecular formula is C16H25N. The molecular weight excluding hydrogens is 206 g/mol. The summed E-state index contributed by atoms with van der Waals surface area (Å²) >= 11 is 0. The molecule has 1 nitrogen and oxygen atoms in total. The molecule has 1 aliphatic carbocycles. The third-order valence-electron chi connectivity index (χ3n) is 4.27. The Hall–Kier alpha value is -0.820. The summed E-state index contributed by atoms with van der Waals surface area (Å²) in [5.41, 5.74) is 2.99. The van der Waals surface area contributed by atoms with Crippen molar-refractivity contribution in [3.8, 4) is 0 Å². The van der Waals surface area contributed by atoms with Crippen molar-refractivity contribution in [2.24, 2.45) is 5.92 Å². The van der Waals surface area contributed by atoms with Gasteiger partial charge in [0, 0.05) is 6.04 Å². The van der Waals surface area contributed by atoms with E-state index in [2.05, 4.69) is 43.6 Å². The summed E-state index contributed by atoms with van der Waals surface area (Å²) in [4.78, 5) is 0. The number of nitrogens with one attached hydrogen (secondary N) is 1. The number of aryl methyl sites for hydroxylation is 1. The van der Waals surface area contributed by atoms with Crippen LogP contribution in [0.25, 0.3) is 0 Å². The Kier molecular flexibility index (Phi) is 4.61. The largest absolute Gasteiger partial charge is 0.317 e. The van der Waals surface area contributed by atoms with Gasteiger partial charge in [0.15, 0.2) is 0 Å². The molecule has 1 aromatic rings. The fourth-order valence-corrected chi connectivity index (χ4v) is 3.13. The molecule has 1 aromatic carbocycles. The average Bonchev–Trinajstić information content (AvgIpc) is 2.57. The SMILES string of the molecule is CNC1CCCCCC1Cc1ccccc1C. The molecule has 94 valence electrons. The molecule has 1 fully saturated rings. The first-order chi connectivity index (χ1) is 8.31. The van der Waals surface area contributed by atoms with Gasteiger partial charge in [0.25, 0.3) is 0 Å². The zero-order chi connectivity index (χ0) is 12.1. The van der Waals surface area contributed by atoms with Gasteiger partial charge in [0.1, 0.15) is 0 Å². The van der Waals surface area contributed by atoms with Crippen molar-refractivity contribution in [3.63, 3.8) is 0 Å². The Morgan fingerprint density at radius 2 is 1.88 bits per heavy atom. The van der Waals surface area contributed by atoms with Crippen LogP contribution in [0.15, 0.2) is 24.3 Å². The van der Waals surface area contributed by atoms with Gasteiger partial charge in [-0.2, -0.15) is 0 Å². The van der Waals surface area contributed by atoms with Gasteiger partial charge in [-0.3, -0.25) is 0 Å². The quantitative estimate of drug-likeness (QED) is 0.782. The van der Waals surface area contributed by atoms with Crippen molar-refractivity contribution in [2.45, 2.75) is 51.5 Å². The Labute approximate surface area is 106 Å². The highest BCUT2D eigenvalue weighted by atomic mass is 14.9. The lowest BCUT2D eigenvalue weighted by molar-refractivity contribution is 0.350. The highest BCUT2D eigenvalue weighted by Gasteiger charge is 2.22. The molecule has 1 N–H and O–H groups in total. The lowest BCUT2D eigenvalue weighted by Gasteiger charge is -2.25. The summed E-state index contributed by atoms with van der Waals surface area (Å²) in [6, 6.07) is 9.57. The van der Waals surface area contributed by atoms with Crippen LogP contribution in [0.2, 0.25) is 0 Å². The van der Waals surface area contributed by atoms with Crippen molar-refractivity contribution < 1.29 is 0 Å². The van der Waals surface area contributed by atoms with Gasteiger partial charge in [-0.1, -0.05) is 43.5 Å². The molecule has 0 heterocycles. The second-order valence-electron chi connectivity index (χ2n) is 5.42. The van der Waals surface area contributed by atoms with E-state index in [0.717, 1.165) is 12.0 Å². The van der Waals surface area contributed by atoms with Crippen LogP contribution in [0.4, 0.5) is 0 Å². The van der Waals surface area contributed by atoms with E-state index in [1.54, 1.807) is 5.56 Å². The lowest BCUT2D eigenvalue weighted by Crippen LogP contribution is -2.34. The number of hydrogen-bond acceptors (Lipinski definition) is 1. The Morgan fingerprint density at radius 3 is 2.65 bits per heavy atom. The second-order valence-corrected chi connectivity index (χ2v) is 5.42. The van der Waals surface area contributed by atoms with Crippen LogP contribution in [0.5, 0.6) is 0 Å². The summed E-state index contributed by atoms with van der Waals surface area (Å²) in [5.74, 6) is 0.823. The topological polar surface area (TPSA) is 12.0 Å². The Bertz CT molecular complexity index is 345. The van der Waals surface area contributed by atoms with Crippen molar-refractivity contribution in [2.75, 3.05) is 7.05 Å². The minimum Gasteiger partial charge on any atom is -0.317 e. The van der Waals surface area contributed by atoms with Crippen molar-refractivity contribution in [1.29, 1.82) is 0 Å². The maximum Gasteiger partial charge on any atom is 0.00955 e. The first-order valence-corrected chi connectivity index (χ1v) is 7.03. The van der Waals surface area contributed by atoms with Crippen LogP contribution in [-0.4, -0.2) is 13.1 Å². The monoisotopic (exact) mass is 231 g/mol. The van der Waals surface area contributed by atoms with Gasteiger partial charge in [0.2, 0.25) is 0 Å². The van der Waals surface area contributed by atoms with Gasteiger partial charge in [0.05, 0.1) is 0 Å². The van der Waals surface area contributed by atoms with Crippen molar-refractivity contribution in [3.05, 3.63) is 35.4 Å². The molecule has 0 saturated heterocycles. The van der Waals surface area contributed by atoms with Crippen LogP contribution in [-0.2, 0) is 6.42 Å². The maximum atomic E-state index is 3.53. The minimum atomic E-state index is 0.720. The first kappa shape index (κ1) is 12.6. The molecule has 1 saturated carbocycles. The normalized spacial score (nSPS) is 25.5. The van der Waals surface area contributed by atoms with E-state index in [0.29, 0.717) is 0 Å². The standard InChI is InChI=1S/C16H25N/c1-13-8-6-7-9-14(13)12-15-10-4-3-5-11-16(15)17-2/h6-9,15-17H,3-5,10-12H2,1-2H3. The van der Waals surface area contributed by atoms with Gasteiger partial charge in [-0.25, -0.2) is 0 Å². The summed E-state index contributed by atoms with van der Waals surface area (Å²) in [7, 11) is 2.13. The van der Waals surface area contributed by atoms with E-state index in [1.165, 1.54) is 44.1 Å². The maximum absolute atomic E-state index is 3.53. The van der Waals surface area contributed by atoms with Gasteiger partial charge in [-0.05, 0) is 50.3 Å². The average molecular weight is 231 g/mol. The molecule has 0 aliphatic heterocycles. The molecule has 0 aromatic heterocycles. The third-order valence-corrected chi connectivity index (χ3v) is 4.27. The van der Waals surface area contributed by atoms with Crippen molar-refractivity contribution in [1.82, 2.24) is 5.32 Å². The van der Waals surface area contributed by atoms with Crippen LogP contribution in [0.1, 0.15) is 43.2 Å². The molecule has 2 rings (SSSR count).